The van der Waals surface area contributed by atoms with E-state index in [-0.39, 0.29) is 34.1 Å². The van der Waals surface area contributed by atoms with Crippen LogP contribution in [0.4, 0.5) is 14.5 Å². The summed E-state index contributed by atoms with van der Waals surface area (Å²) in [5, 5.41) is 8.14. The Labute approximate surface area is 204 Å². The lowest BCUT2D eigenvalue weighted by Gasteiger charge is -2.29. The summed E-state index contributed by atoms with van der Waals surface area (Å²) >= 11 is 6.32. The predicted octanol–water partition coefficient (Wildman–Crippen LogP) is 4.13. The molecule has 3 amide bonds. The van der Waals surface area contributed by atoms with Gasteiger partial charge in [-0.3, -0.25) is 14.4 Å². The fourth-order valence-electron chi connectivity index (χ4n) is 4.42. The summed E-state index contributed by atoms with van der Waals surface area (Å²) in [5.74, 6) is -2.55. The molecule has 0 bridgehead atoms. The zero-order valence-corrected chi connectivity index (χ0v) is 19.4. The second-order valence-electron chi connectivity index (χ2n) is 8.63. The number of hydrogen-bond acceptors (Lipinski definition) is 3. The summed E-state index contributed by atoms with van der Waals surface area (Å²) in [6, 6.07) is 8.65. The molecule has 2 aliphatic rings. The lowest BCUT2D eigenvalue weighted by molar-refractivity contribution is -0.123. The molecule has 1 fully saturated rings. The van der Waals surface area contributed by atoms with Gasteiger partial charge in [-0.25, -0.2) is 8.78 Å². The highest BCUT2D eigenvalue weighted by molar-refractivity contribution is 6.31. The molecule has 0 radical (unpaired) electrons. The van der Waals surface area contributed by atoms with Gasteiger partial charge in [0, 0.05) is 17.6 Å². The second-order valence-corrected chi connectivity index (χ2v) is 9.04. The van der Waals surface area contributed by atoms with Crippen molar-refractivity contribution in [2.45, 2.75) is 31.3 Å². The SMILES string of the molecule is CNC(=O)c1cc(NC(=O)c2cc(C3CC3)ccc2F)c2n1CC(=O)N[C@@H]2c1cc(F)ccc1Cl. The number of benzene rings is 2. The van der Waals surface area contributed by atoms with Crippen LogP contribution in [0.3, 0.4) is 0 Å². The molecule has 1 atom stereocenters. The fraction of sp³-hybridized carbons (Fsp3) is 0.240. The van der Waals surface area contributed by atoms with Crippen LogP contribution in [0.5, 0.6) is 0 Å². The van der Waals surface area contributed by atoms with Gasteiger partial charge in [-0.15, -0.1) is 0 Å². The van der Waals surface area contributed by atoms with Gasteiger partial charge in [0.05, 0.1) is 23.0 Å². The van der Waals surface area contributed by atoms with Gasteiger partial charge in [-0.1, -0.05) is 17.7 Å². The summed E-state index contributed by atoms with van der Waals surface area (Å²) < 4.78 is 30.1. The minimum Gasteiger partial charge on any atom is -0.354 e. The molecule has 35 heavy (non-hydrogen) atoms. The molecule has 0 saturated heterocycles. The van der Waals surface area contributed by atoms with Gasteiger partial charge in [0.2, 0.25) is 5.91 Å². The fourth-order valence-corrected chi connectivity index (χ4v) is 4.65. The first-order valence-corrected chi connectivity index (χ1v) is 11.4. The number of fused-ring (bicyclic) bond motifs is 1. The molecule has 2 aromatic carbocycles. The van der Waals surface area contributed by atoms with E-state index in [4.69, 9.17) is 11.6 Å². The van der Waals surface area contributed by atoms with Crippen molar-refractivity contribution in [1.29, 1.82) is 0 Å². The molecule has 2 heterocycles. The molecule has 7 nitrogen and oxygen atoms in total. The maximum Gasteiger partial charge on any atom is 0.267 e. The summed E-state index contributed by atoms with van der Waals surface area (Å²) in [6.07, 6.45) is 1.98. The molecule has 3 N–H and O–H groups in total. The maximum absolute atomic E-state index is 14.6. The van der Waals surface area contributed by atoms with Crippen molar-refractivity contribution < 1.29 is 23.2 Å². The zero-order chi connectivity index (χ0) is 24.9. The van der Waals surface area contributed by atoms with Crippen LogP contribution in [0.25, 0.3) is 0 Å². The van der Waals surface area contributed by atoms with Gasteiger partial charge in [-0.2, -0.15) is 0 Å². The van der Waals surface area contributed by atoms with E-state index in [1.807, 2.05) is 0 Å². The monoisotopic (exact) mass is 498 g/mol. The van der Waals surface area contributed by atoms with E-state index >= 15 is 0 Å². The van der Waals surface area contributed by atoms with Crippen molar-refractivity contribution in [2.75, 3.05) is 12.4 Å². The first-order chi connectivity index (χ1) is 16.8. The molecule has 0 spiro atoms. The van der Waals surface area contributed by atoms with Crippen LogP contribution in [0, 0.1) is 11.6 Å². The van der Waals surface area contributed by atoms with Gasteiger partial charge >= 0.3 is 0 Å². The summed E-state index contributed by atoms with van der Waals surface area (Å²) in [6.45, 7) is -0.205. The van der Waals surface area contributed by atoms with Gasteiger partial charge < -0.3 is 20.5 Å². The largest absolute Gasteiger partial charge is 0.354 e. The van der Waals surface area contributed by atoms with Gasteiger partial charge in [0.15, 0.2) is 0 Å². The van der Waals surface area contributed by atoms with E-state index in [0.29, 0.717) is 11.6 Å². The van der Waals surface area contributed by atoms with Crippen molar-refractivity contribution in [3.8, 4) is 0 Å². The Morgan fingerprint density at radius 1 is 1.09 bits per heavy atom. The molecule has 1 aliphatic carbocycles. The normalized spacial score (nSPS) is 16.9. The first kappa shape index (κ1) is 23.0. The number of anilines is 1. The van der Waals surface area contributed by atoms with Crippen LogP contribution in [-0.2, 0) is 11.3 Å². The third kappa shape index (κ3) is 4.27. The Bertz CT molecular complexity index is 1380. The van der Waals surface area contributed by atoms with Crippen LogP contribution in [0.2, 0.25) is 5.02 Å². The number of carbonyl (C=O) groups is 3. The van der Waals surface area contributed by atoms with E-state index in [9.17, 15) is 23.2 Å². The first-order valence-electron chi connectivity index (χ1n) is 11.1. The topological polar surface area (TPSA) is 92.2 Å². The molecule has 1 aromatic heterocycles. The zero-order valence-electron chi connectivity index (χ0n) is 18.6. The van der Waals surface area contributed by atoms with Crippen LogP contribution >= 0.6 is 11.6 Å². The molecule has 180 valence electrons. The van der Waals surface area contributed by atoms with E-state index in [1.54, 1.807) is 6.07 Å². The Hall–Kier alpha value is -3.72. The minimum atomic E-state index is -0.962. The highest BCUT2D eigenvalue weighted by Crippen LogP contribution is 2.41. The van der Waals surface area contributed by atoms with Gasteiger partial charge in [0.25, 0.3) is 11.8 Å². The Balaban J connectivity index is 1.61. The average Bonchev–Trinajstić information content (AvgIpc) is 3.62. The molecule has 0 unspecified atom stereocenters. The van der Waals surface area contributed by atoms with E-state index in [1.165, 1.54) is 48.0 Å². The van der Waals surface area contributed by atoms with Crippen LogP contribution < -0.4 is 16.0 Å². The standard InChI is InChI=1S/C25H21ClF2N4O3/c1-29-25(35)20-10-19(30-24(34)16-8-13(12-2-3-12)4-7-18(16)28)23-22(31-21(33)11-32(20)23)15-9-14(27)5-6-17(15)26/h4-10,12,22H,2-3,11H2,1H3,(H,29,35)(H,30,34)(H,31,33)/t22-/m1/s1. The Kier molecular flexibility index (Phi) is 5.80. The Morgan fingerprint density at radius 2 is 1.86 bits per heavy atom. The number of aromatic nitrogens is 1. The van der Waals surface area contributed by atoms with Crippen molar-refractivity contribution in [3.05, 3.63) is 87.2 Å². The van der Waals surface area contributed by atoms with Crippen molar-refractivity contribution >= 4 is 35.0 Å². The number of hydrogen-bond donors (Lipinski definition) is 3. The molecule has 10 heteroatoms. The quantitative estimate of drug-likeness (QED) is 0.494. The third-order valence-corrected chi connectivity index (χ3v) is 6.62. The lowest BCUT2D eigenvalue weighted by atomic mass is 10.00. The maximum atomic E-state index is 14.6. The smallest absolute Gasteiger partial charge is 0.267 e. The molecular weight excluding hydrogens is 478 g/mol. The van der Waals surface area contributed by atoms with Gasteiger partial charge in [-0.05, 0) is 60.7 Å². The molecule has 1 aliphatic heterocycles. The molecule has 5 rings (SSSR count). The summed E-state index contributed by atoms with van der Waals surface area (Å²) in [5.41, 5.74) is 1.62. The minimum absolute atomic E-state index is 0.109. The summed E-state index contributed by atoms with van der Waals surface area (Å²) in [4.78, 5) is 38.3. The summed E-state index contributed by atoms with van der Waals surface area (Å²) in [7, 11) is 1.43. The Morgan fingerprint density at radius 3 is 2.57 bits per heavy atom. The lowest BCUT2D eigenvalue weighted by Crippen LogP contribution is -2.41. The van der Waals surface area contributed by atoms with E-state index in [0.717, 1.165) is 18.4 Å². The van der Waals surface area contributed by atoms with Crippen LogP contribution in [-0.4, -0.2) is 29.3 Å². The molecular formula is C25H21ClF2N4O3. The van der Waals surface area contributed by atoms with Crippen LogP contribution in [0.1, 0.15) is 62.5 Å². The number of carbonyl (C=O) groups excluding carboxylic acids is 3. The van der Waals surface area contributed by atoms with Crippen LogP contribution in [0.15, 0.2) is 42.5 Å². The van der Waals surface area contributed by atoms with Crippen molar-refractivity contribution in [3.63, 3.8) is 0 Å². The third-order valence-electron chi connectivity index (χ3n) is 6.28. The predicted molar refractivity (Wildman–Crippen MR) is 126 cm³/mol. The van der Waals surface area contributed by atoms with E-state index in [2.05, 4.69) is 16.0 Å². The molecule has 1 saturated carbocycles. The highest BCUT2D eigenvalue weighted by Gasteiger charge is 2.35. The van der Waals surface area contributed by atoms with Crippen molar-refractivity contribution in [1.82, 2.24) is 15.2 Å². The second kappa shape index (κ2) is 8.81. The molecule has 3 aromatic rings. The highest BCUT2D eigenvalue weighted by atomic mass is 35.5. The van der Waals surface area contributed by atoms with Crippen molar-refractivity contribution in [2.24, 2.45) is 0 Å². The number of nitrogens with zero attached hydrogens (tertiary/aromatic N) is 1. The number of rotatable bonds is 5. The average molecular weight is 499 g/mol. The number of amides is 3. The number of nitrogens with one attached hydrogen (secondary N) is 3. The van der Waals surface area contributed by atoms with Gasteiger partial charge in [0.1, 0.15) is 23.9 Å². The number of halogens is 3. The van der Waals surface area contributed by atoms with E-state index < -0.39 is 35.4 Å².